The average molecular weight is 287 g/mol. The molecule has 114 valence electrons. The Bertz CT molecular complexity index is 506. The fraction of sp³-hybridized carbons (Fsp3) is 0.611. The van der Waals surface area contributed by atoms with Crippen LogP contribution in [0.15, 0.2) is 24.3 Å². The van der Waals surface area contributed by atoms with Gasteiger partial charge < -0.3 is 10.1 Å². The Morgan fingerprint density at radius 1 is 1.29 bits per heavy atom. The van der Waals surface area contributed by atoms with Gasteiger partial charge in [-0.25, -0.2) is 0 Å². The van der Waals surface area contributed by atoms with Crippen molar-refractivity contribution in [3.05, 3.63) is 29.8 Å². The molecular formula is C18H25NO2. The summed E-state index contributed by atoms with van der Waals surface area (Å²) >= 11 is 0. The van der Waals surface area contributed by atoms with Crippen LogP contribution in [0.4, 0.5) is 0 Å². The molecule has 1 aliphatic heterocycles. The number of nitrogens with one attached hydrogen (secondary N) is 1. The molecule has 1 N–H and O–H groups in total. The molecule has 3 nitrogen and oxygen atoms in total. The van der Waals surface area contributed by atoms with Gasteiger partial charge in [0.05, 0.1) is 6.04 Å². The molecule has 1 aromatic rings. The lowest BCUT2D eigenvalue weighted by Crippen LogP contribution is -2.46. The Kier molecular flexibility index (Phi) is 4.18. The number of para-hydroxylation sites is 1. The van der Waals surface area contributed by atoms with E-state index in [0.29, 0.717) is 6.42 Å². The second-order valence-electron chi connectivity index (χ2n) is 6.46. The maximum absolute atomic E-state index is 12.0. The van der Waals surface area contributed by atoms with Crippen LogP contribution in [-0.4, -0.2) is 11.5 Å². The Morgan fingerprint density at radius 3 is 2.81 bits per heavy atom. The highest BCUT2D eigenvalue weighted by Gasteiger charge is 2.41. The molecule has 2 aliphatic rings. The third kappa shape index (κ3) is 3.07. The molecule has 0 radical (unpaired) electrons. The van der Waals surface area contributed by atoms with Gasteiger partial charge in [-0.1, -0.05) is 31.5 Å². The zero-order valence-electron chi connectivity index (χ0n) is 12.9. The monoisotopic (exact) mass is 287 g/mol. The lowest BCUT2D eigenvalue weighted by Gasteiger charge is -2.44. The average Bonchev–Trinajstić information content (AvgIpc) is 2.48. The Morgan fingerprint density at radius 2 is 2.05 bits per heavy atom. The molecule has 1 fully saturated rings. The first-order chi connectivity index (χ1) is 10.2. The minimum atomic E-state index is -0.0588. The van der Waals surface area contributed by atoms with Crippen LogP contribution in [-0.2, 0) is 4.79 Å². The Labute approximate surface area is 127 Å². The number of carbonyl (C=O) groups is 1. The van der Waals surface area contributed by atoms with Crippen LogP contribution in [0, 0.1) is 0 Å². The van der Waals surface area contributed by atoms with Crippen molar-refractivity contribution in [1.82, 2.24) is 5.32 Å². The molecule has 1 spiro atoms. The van der Waals surface area contributed by atoms with Gasteiger partial charge in [-0.3, -0.25) is 4.79 Å². The van der Waals surface area contributed by atoms with Gasteiger partial charge in [0.25, 0.3) is 0 Å². The fourth-order valence-corrected chi connectivity index (χ4v) is 3.74. The number of hydrogen-bond acceptors (Lipinski definition) is 2. The summed E-state index contributed by atoms with van der Waals surface area (Å²) in [6.45, 7) is 2.04. The number of ether oxygens (including phenoxy) is 1. The van der Waals surface area contributed by atoms with E-state index in [4.69, 9.17) is 4.74 Å². The number of rotatable bonds is 3. The quantitative estimate of drug-likeness (QED) is 0.907. The van der Waals surface area contributed by atoms with Gasteiger partial charge in [0.2, 0.25) is 5.91 Å². The highest BCUT2D eigenvalue weighted by molar-refractivity contribution is 5.76. The van der Waals surface area contributed by atoms with Gasteiger partial charge >= 0.3 is 0 Å². The lowest BCUT2D eigenvalue weighted by atomic mass is 9.77. The van der Waals surface area contributed by atoms with Crippen molar-refractivity contribution in [3.8, 4) is 5.75 Å². The summed E-state index contributed by atoms with van der Waals surface area (Å²) in [7, 11) is 0. The standard InChI is InChI=1S/C18H25NO2/c1-2-8-17(20)19-15-13-18(11-6-3-7-12-18)21-16-10-5-4-9-14(15)16/h4-5,9-10,15H,2-3,6-8,11-13H2,1H3,(H,19,20)/t15-/m1/s1. The van der Waals surface area contributed by atoms with Crippen LogP contribution >= 0.6 is 0 Å². The minimum Gasteiger partial charge on any atom is -0.487 e. The molecule has 1 heterocycles. The molecule has 0 saturated heterocycles. The highest BCUT2D eigenvalue weighted by atomic mass is 16.5. The van der Waals surface area contributed by atoms with Gasteiger partial charge in [0.15, 0.2) is 0 Å². The van der Waals surface area contributed by atoms with Gasteiger partial charge in [0, 0.05) is 18.4 Å². The number of amides is 1. The second-order valence-corrected chi connectivity index (χ2v) is 6.46. The molecule has 0 bridgehead atoms. The molecule has 1 aliphatic carbocycles. The van der Waals surface area contributed by atoms with Gasteiger partial charge in [-0.2, -0.15) is 0 Å². The number of fused-ring (bicyclic) bond motifs is 1. The number of hydrogen-bond donors (Lipinski definition) is 1. The van der Waals surface area contributed by atoms with Crippen molar-refractivity contribution in [2.45, 2.75) is 69.9 Å². The summed E-state index contributed by atoms with van der Waals surface area (Å²) in [5.41, 5.74) is 1.08. The summed E-state index contributed by atoms with van der Waals surface area (Å²) in [6.07, 6.45) is 8.41. The summed E-state index contributed by atoms with van der Waals surface area (Å²) in [5, 5.41) is 3.23. The van der Waals surface area contributed by atoms with Crippen molar-refractivity contribution >= 4 is 5.91 Å². The topological polar surface area (TPSA) is 38.3 Å². The lowest BCUT2D eigenvalue weighted by molar-refractivity contribution is -0.122. The van der Waals surface area contributed by atoms with Crippen molar-refractivity contribution in [3.63, 3.8) is 0 Å². The van der Waals surface area contributed by atoms with E-state index < -0.39 is 0 Å². The van der Waals surface area contributed by atoms with E-state index in [1.165, 1.54) is 19.3 Å². The molecule has 21 heavy (non-hydrogen) atoms. The predicted molar refractivity (Wildman–Crippen MR) is 83.3 cm³/mol. The van der Waals surface area contributed by atoms with E-state index in [-0.39, 0.29) is 17.6 Å². The van der Waals surface area contributed by atoms with Crippen molar-refractivity contribution < 1.29 is 9.53 Å². The van der Waals surface area contributed by atoms with Crippen LogP contribution in [0.3, 0.4) is 0 Å². The maximum atomic E-state index is 12.0. The normalized spacial score (nSPS) is 23.2. The third-order valence-electron chi connectivity index (χ3n) is 4.77. The maximum Gasteiger partial charge on any atom is 0.220 e. The fourth-order valence-electron chi connectivity index (χ4n) is 3.74. The zero-order valence-corrected chi connectivity index (χ0v) is 12.9. The first-order valence-electron chi connectivity index (χ1n) is 8.30. The molecule has 1 atom stereocenters. The molecule has 3 heteroatoms. The summed E-state index contributed by atoms with van der Waals surface area (Å²) in [6, 6.07) is 8.28. The van der Waals surface area contributed by atoms with E-state index in [1.807, 2.05) is 25.1 Å². The first kappa shape index (κ1) is 14.4. The van der Waals surface area contributed by atoms with Gasteiger partial charge in [0.1, 0.15) is 11.4 Å². The van der Waals surface area contributed by atoms with Gasteiger partial charge in [-0.05, 0) is 38.2 Å². The van der Waals surface area contributed by atoms with E-state index in [1.54, 1.807) is 0 Å². The van der Waals surface area contributed by atoms with Crippen LogP contribution in [0.5, 0.6) is 5.75 Å². The van der Waals surface area contributed by atoms with E-state index in [0.717, 1.165) is 37.0 Å². The first-order valence-corrected chi connectivity index (χ1v) is 8.30. The van der Waals surface area contributed by atoms with E-state index >= 15 is 0 Å². The van der Waals surface area contributed by atoms with Crippen LogP contribution in [0.2, 0.25) is 0 Å². The van der Waals surface area contributed by atoms with Gasteiger partial charge in [-0.15, -0.1) is 0 Å². The van der Waals surface area contributed by atoms with Crippen molar-refractivity contribution in [1.29, 1.82) is 0 Å². The molecule has 1 aromatic carbocycles. The highest BCUT2D eigenvalue weighted by Crippen LogP contribution is 2.45. The summed E-state index contributed by atoms with van der Waals surface area (Å²) < 4.78 is 6.38. The molecule has 0 aromatic heterocycles. The van der Waals surface area contributed by atoms with Crippen LogP contribution in [0.1, 0.15) is 69.9 Å². The van der Waals surface area contributed by atoms with Crippen LogP contribution < -0.4 is 10.1 Å². The Balaban J connectivity index is 1.85. The molecular weight excluding hydrogens is 262 g/mol. The smallest absolute Gasteiger partial charge is 0.220 e. The summed E-state index contributed by atoms with van der Waals surface area (Å²) in [5.74, 6) is 1.12. The third-order valence-corrected chi connectivity index (χ3v) is 4.77. The molecule has 0 unspecified atom stereocenters. The number of benzene rings is 1. The number of carbonyl (C=O) groups excluding carboxylic acids is 1. The zero-order chi connectivity index (χ0) is 14.7. The SMILES string of the molecule is CCCC(=O)N[C@@H]1CC2(CCCCC2)Oc2ccccc21. The second kappa shape index (κ2) is 6.08. The summed E-state index contributed by atoms with van der Waals surface area (Å²) in [4.78, 5) is 12.0. The molecule has 3 rings (SSSR count). The van der Waals surface area contributed by atoms with Crippen molar-refractivity contribution in [2.75, 3.05) is 0 Å². The van der Waals surface area contributed by atoms with E-state index in [2.05, 4.69) is 11.4 Å². The molecule has 1 saturated carbocycles. The van der Waals surface area contributed by atoms with Crippen LogP contribution in [0.25, 0.3) is 0 Å². The largest absolute Gasteiger partial charge is 0.487 e. The molecule has 1 amide bonds. The minimum absolute atomic E-state index is 0.0588. The predicted octanol–water partition coefficient (Wildman–Crippen LogP) is 4.13. The van der Waals surface area contributed by atoms with E-state index in [9.17, 15) is 4.79 Å². The van der Waals surface area contributed by atoms with Crippen molar-refractivity contribution in [2.24, 2.45) is 0 Å². The Hall–Kier alpha value is -1.51.